The molecule has 1 aromatic rings. The van der Waals surface area contributed by atoms with Gasteiger partial charge in [-0.2, -0.15) is 0 Å². The molecule has 2 rings (SSSR count). The quantitative estimate of drug-likeness (QED) is 0.767. The van der Waals surface area contributed by atoms with Crippen LogP contribution in [0, 0.1) is 5.92 Å². The van der Waals surface area contributed by atoms with E-state index in [0.29, 0.717) is 19.0 Å². The van der Waals surface area contributed by atoms with Crippen LogP contribution in [0.5, 0.6) is 11.5 Å². The largest absolute Gasteiger partial charge is 0.490 e. The van der Waals surface area contributed by atoms with Crippen molar-refractivity contribution in [3.63, 3.8) is 0 Å². The zero-order valence-electron chi connectivity index (χ0n) is 14.5. The number of aliphatic hydroxyl groups is 1. The molecule has 0 radical (unpaired) electrons. The summed E-state index contributed by atoms with van der Waals surface area (Å²) >= 11 is 0. The molecule has 0 aliphatic carbocycles. The molecule has 2 N–H and O–H groups in total. The molecule has 1 fully saturated rings. The van der Waals surface area contributed by atoms with E-state index in [4.69, 9.17) is 9.47 Å². The fourth-order valence-corrected chi connectivity index (χ4v) is 2.98. The Labute approximate surface area is 139 Å². The number of hydrogen-bond donors (Lipinski definition) is 2. The van der Waals surface area contributed by atoms with Gasteiger partial charge in [0, 0.05) is 32.7 Å². The average molecular weight is 322 g/mol. The van der Waals surface area contributed by atoms with Gasteiger partial charge in [-0.1, -0.05) is 13.0 Å². The molecule has 2 atom stereocenters. The zero-order chi connectivity index (χ0) is 16.7. The highest BCUT2D eigenvalue weighted by atomic mass is 16.5. The Kier molecular flexibility index (Phi) is 7.15. The molecule has 1 saturated heterocycles. The minimum Gasteiger partial charge on any atom is -0.490 e. The van der Waals surface area contributed by atoms with E-state index in [1.54, 1.807) is 0 Å². The van der Waals surface area contributed by atoms with Crippen LogP contribution in [0.15, 0.2) is 18.2 Å². The highest BCUT2D eigenvalue weighted by Crippen LogP contribution is 2.33. The lowest BCUT2D eigenvalue weighted by Crippen LogP contribution is -2.45. The number of nitrogens with one attached hydrogen (secondary N) is 1. The maximum absolute atomic E-state index is 10.7. The maximum Gasteiger partial charge on any atom is 0.161 e. The summed E-state index contributed by atoms with van der Waals surface area (Å²) in [5, 5.41) is 14.0. The Morgan fingerprint density at radius 2 is 1.78 bits per heavy atom. The number of piperazine rings is 1. The molecule has 5 nitrogen and oxygen atoms in total. The van der Waals surface area contributed by atoms with Gasteiger partial charge in [-0.25, -0.2) is 0 Å². The fourth-order valence-electron chi connectivity index (χ4n) is 2.98. The van der Waals surface area contributed by atoms with Gasteiger partial charge in [0.25, 0.3) is 0 Å². The monoisotopic (exact) mass is 322 g/mol. The molecular formula is C18H30N2O3. The van der Waals surface area contributed by atoms with E-state index in [1.165, 1.54) is 0 Å². The van der Waals surface area contributed by atoms with Gasteiger partial charge < -0.3 is 24.8 Å². The van der Waals surface area contributed by atoms with Gasteiger partial charge in [-0.15, -0.1) is 0 Å². The number of nitrogens with zero attached hydrogens (tertiary/aromatic N) is 1. The van der Waals surface area contributed by atoms with Crippen molar-refractivity contribution >= 4 is 0 Å². The second kappa shape index (κ2) is 9.11. The first-order valence-electron chi connectivity index (χ1n) is 8.66. The Bertz CT molecular complexity index is 475. The summed E-state index contributed by atoms with van der Waals surface area (Å²) < 4.78 is 11.2. The van der Waals surface area contributed by atoms with E-state index in [9.17, 15) is 5.11 Å². The molecule has 0 bridgehead atoms. The molecule has 5 heteroatoms. The van der Waals surface area contributed by atoms with Gasteiger partial charge in [0.05, 0.1) is 19.3 Å². The van der Waals surface area contributed by atoms with Crippen molar-refractivity contribution in [1.82, 2.24) is 10.2 Å². The van der Waals surface area contributed by atoms with Crippen molar-refractivity contribution in [1.29, 1.82) is 0 Å². The van der Waals surface area contributed by atoms with Gasteiger partial charge in [0.1, 0.15) is 0 Å². The van der Waals surface area contributed by atoms with Crippen LogP contribution in [-0.2, 0) is 0 Å². The van der Waals surface area contributed by atoms with Gasteiger partial charge in [0.15, 0.2) is 11.5 Å². The summed E-state index contributed by atoms with van der Waals surface area (Å²) in [6, 6.07) is 5.74. The van der Waals surface area contributed by atoms with Crippen molar-refractivity contribution in [3.05, 3.63) is 23.8 Å². The van der Waals surface area contributed by atoms with Gasteiger partial charge in [-0.05, 0) is 37.5 Å². The first-order chi connectivity index (χ1) is 11.2. The summed E-state index contributed by atoms with van der Waals surface area (Å²) in [4.78, 5) is 2.41. The molecule has 1 heterocycles. The van der Waals surface area contributed by atoms with Crippen molar-refractivity contribution in [2.45, 2.75) is 26.9 Å². The van der Waals surface area contributed by atoms with Crippen LogP contribution in [0.2, 0.25) is 0 Å². The lowest BCUT2D eigenvalue weighted by atomic mass is 9.96. The number of ether oxygens (including phenoxy) is 2. The molecule has 1 aromatic carbocycles. The minimum atomic E-state index is -0.500. The van der Waals surface area contributed by atoms with Crippen LogP contribution in [0.25, 0.3) is 0 Å². The first-order valence-corrected chi connectivity index (χ1v) is 8.66. The standard InChI is InChI=1S/C18H30N2O3/c1-4-22-16-7-6-15(12-17(16)23-5-2)18(21)14(3)13-20-10-8-19-9-11-20/h6-7,12,14,18-19,21H,4-5,8-11,13H2,1-3H3. The highest BCUT2D eigenvalue weighted by molar-refractivity contribution is 5.43. The number of hydrogen-bond acceptors (Lipinski definition) is 5. The van der Waals surface area contributed by atoms with Crippen LogP contribution in [-0.4, -0.2) is 55.9 Å². The molecule has 23 heavy (non-hydrogen) atoms. The smallest absolute Gasteiger partial charge is 0.161 e. The van der Waals surface area contributed by atoms with Crippen molar-refractivity contribution in [2.75, 3.05) is 45.9 Å². The molecule has 2 unspecified atom stereocenters. The molecule has 0 saturated carbocycles. The third-order valence-corrected chi connectivity index (χ3v) is 4.20. The van der Waals surface area contributed by atoms with Crippen molar-refractivity contribution in [2.24, 2.45) is 5.92 Å². The topological polar surface area (TPSA) is 54.0 Å². The SMILES string of the molecule is CCOc1ccc(C(O)C(C)CN2CCNCC2)cc1OCC. The molecular weight excluding hydrogens is 292 g/mol. The maximum atomic E-state index is 10.7. The highest BCUT2D eigenvalue weighted by Gasteiger charge is 2.21. The minimum absolute atomic E-state index is 0.167. The first kappa shape index (κ1) is 18.0. The predicted molar refractivity (Wildman–Crippen MR) is 92.2 cm³/mol. The number of benzene rings is 1. The summed E-state index contributed by atoms with van der Waals surface area (Å²) in [6.45, 7) is 12.2. The summed E-state index contributed by atoms with van der Waals surface area (Å²) in [5.74, 6) is 1.61. The third-order valence-electron chi connectivity index (χ3n) is 4.20. The summed E-state index contributed by atoms with van der Waals surface area (Å²) in [6.07, 6.45) is -0.500. The van der Waals surface area contributed by atoms with E-state index in [1.807, 2.05) is 32.0 Å². The summed E-state index contributed by atoms with van der Waals surface area (Å²) in [5.41, 5.74) is 0.888. The Morgan fingerprint density at radius 1 is 1.13 bits per heavy atom. The predicted octanol–water partition coefficient (Wildman–Crippen LogP) is 2.06. The van der Waals surface area contributed by atoms with E-state index in [2.05, 4.69) is 17.1 Å². The van der Waals surface area contributed by atoms with E-state index in [-0.39, 0.29) is 5.92 Å². The van der Waals surface area contributed by atoms with Crippen molar-refractivity contribution in [3.8, 4) is 11.5 Å². The van der Waals surface area contributed by atoms with Crippen LogP contribution < -0.4 is 14.8 Å². The lowest BCUT2D eigenvalue weighted by molar-refractivity contribution is 0.0839. The van der Waals surface area contributed by atoms with E-state index in [0.717, 1.165) is 44.0 Å². The molecule has 0 spiro atoms. The number of rotatable bonds is 8. The van der Waals surface area contributed by atoms with Gasteiger partial charge >= 0.3 is 0 Å². The number of aliphatic hydroxyl groups excluding tert-OH is 1. The van der Waals surface area contributed by atoms with Crippen LogP contribution >= 0.6 is 0 Å². The van der Waals surface area contributed by atoms with Crippen LogP contribution in [0.1, 0.15) is 32.4 Å². The van der Waals surface area contributed by atoms with Gasteiger partial charge in [-0.3, -0.25) is 0 Å². The summed E-state index contributed by atoms with van der Waals surface area (Å²) in [7, 11) is 0. The Morgan fingerprint density at radius 3 is 2.43 bits per heavy atom. The Balaban J connectivity index is 2.04. The lowest BCUT2D eigenvalue weighted by Gasteiger charge is -2.31. The average Bonchev–Trinajstić information content (AvgIpc) is 2.57. The third kappa shape index (κ3) is 5.09. The fraction of sp³-hybridized carbons (Fsp3) is 0.667. The van der Waals surface area contributed by atoms with Crippen LogP contribution in [0.3, 0.4) is 0 Å². The Hall–Kier alpha value is -1.30. The van der Waals surface area contributed by atoms with Crippen molar-refractivity contribution < 1.29 is 14.6 Å². The second-order valence-corrected chi connectivity index (χ2v) is 6.04. The molecule has 0 amide bonds. The van der Waals surface area contributed by atoms with E-state index >= 15 is 0 Å². The second-order valence-electron chi connectivity index (χ2n) is 6.04. The normalized spacial score (nSPS) is 18.4. The zero-order valence-corrected chi connectivity index (χ0v) is 14.5. The molecule has 1 aliphatic rings. The van der Waals surface area contributed by atoms with Crippen LogP contribution in [0.4, 0.5) is 0 Å². The molecule has 1 aliphatic heterocycles. The molecule has 0 aromatic heterocycles. The van der Waals surface area contributed by atoms with E-state index < -0.39 is 6.10 Å². The van der Waals surface area contributed by atoms with Gasteiger partial charge in [0.2, 0.25) is 0 Å². The molecule has 130 valence electrons.